The molecule has 216 valence electrons. The van der Waals surface area contributed by atoms with Gasteiger partial charge in [0.25, 0.3) is 0 Å². The van der Waals surface area contributed by atoms with Gasteiger partial charge >= 0.3 is 17.6 Å². The first-order valence-electron chi connectivity index (χ1n) is 14.7. The minimum atomic E-state index is -2.60. The average Bonchev–Trinajstić information content (AvgIpc) is 2.85. The van der Waals surface area contributed by atoms with Gasteiger partial charge in [0.15, 0.2) is 0 Å². The molecule has 0 aliphatic carbocycles. The quantitative estimate of drug-likeness (QED) is 0.0844. The van der Waals surface area contributed by atoms with Crippen LogP contribution in [0.2, 0.25) is 12.1 Å². The molecule has 0 N–H and O–H groups in total. The van der Waals surface area contributed by atoms with Crippen LogP contribution in [-0.4, -0.2) is 63.0 Å². The molecular weight excluding hydrogens is 492 g/mol. The van der Waals surface area contributed by atoms with Gasteiger partial charge in [-0.15, -0.1) is 0 Å². The van der Waals surface area contributed by atoms with Crippen LogP contribution >= 0.6 is 0 Å². The number of hydrogen-bond donors (Lipinski definition) is 0. The molecule has 0 aliphatic heterocycles. The largest absolute Gasteiger partial charge is 0.500 e. The average molecular weight is 551 g/mol. The summed E-state index contributed by atoms with van der Waals surface area (Å²) in [5.74, 6) is 0.688. The molecule has 0 bridgehead atoms. The van der Waals surface area contributed by atoms with E-state index in [2.05, 4.69) is 13.8 Å². The van der Waals surface area contributed by atoms with Crippen molar-refractivity contribution < 1.29 is 31.4 Å². The molecule has 0 aliphatic rings. The third-order valence-corrected chi connectivity index (χ3v) is 12.8. The van der Waals surface area contributed by atoms with Crippen LogP contribution < -0.4 is 0 Å². The van der Waals surface area contributed by atoms with E-state index in [0.717, 1.165) is 63.5 Å². The third kappa shape index (κ3) is 13.6. The summed E-state index contributed by atoms with van der Waals surface area (Å²) in [4.78, 5) is 13.4. The number of carbonyl (C=O) groups is 1. The van der Waals surface area contributed by atoms with Crippen molar-refractivity contribution in [2.45, 2.75) is 119 Å². The first-order valence-corrected chi connectivity index (χ1v) is 18.6. The number of hydrogen-bond acceptors (Lipinski definition) is 7. The predicted molar refractivity (Wildman–Crippen MR) is 151 cm³/mol. The zero-order chi connectivity index (χ0) is 27.3. The van der Waals surface area contributed by atoms with Crippen LogP contribution in [0.25, 0.3) is 0 Å². The molecule has 0 aromatic rings. The Labute approximate surface area is 225 Å². The van der Waals surface area contributed by atoms with Crippen molar-refractivity contribution >= 4 is 23.4 Å². The molecule has 7 nitrogen and oxygen atoms in total. The molecule has 0 aromatic carbocycles. The van der Waals surface area contributed by atoms with Gasteiger partial charge in [-0.25, -0.2) is 0 Å². The van der Waals surface area contributed by atoms with Crippen molar-refractivity contribution in [3.63, 3.8) is 0 Å². The summed E-state index contributed by atoms with van der Waals surface area (Å²) in [6, 6.07) is 1.63. The fourth-order valence-corrected chi connectivity index (χ4v) is 10.3. The van der Waals surface area contributed by atoms with Crippen molar-refractivity contribution in [1.82, 2.24) is 0 Å². The smallest absolute Gasteiger partial charge is 0.374 e. The van der Waals surface area contributed by atoms with Crippen molar-refractivity contribution in [1.29, 1.82) is 0 Å². The van der Waals surface area contributed by atoms with Crippen LogP contribution in [0.4, 0.5) is 0 Å². The van der Waals surface area contributed by atoms with E-state index in [-0.39, 0.29) is 11.8 Å². The Balaban J connectivity index is 4.79. The highest BCUT2D eigenvalue weighted by Gasteiger charge is 2.40. The molecule has 36 heavy (non-hydrogen) atoms. The van der Waals surface area contributed by atoms with Crippen molar-refractivity contribution in [3.8, 4) is 0 Å². The second kappa shape index (κ2) is 21.8. The lowest BCUT2D eigenvalue weighted by molar-refractivity contribution is -0.127. The van der Waals surface area contributed by atoms with Gasteiger partial charge in [-0.1, -0.05) is 26.7 Å². The van der Waals surface area contributed by atoms with Gasteiger partial charge < -0.3 is 26.6 Å². The maximum Gasteiger partial charge on any atom is 0.500 e. The van der Waals surface area contributed by atoms with E-state index in [1.165, 1.54) is 0 Å². The van der Waals surface area contributed by atoms with Crippen molar-refractivity contribution in [3.05, 3.63) is 0 Å². The van der Waals surface area contributed by atoms with E-state index in [9.17, 15) is 4.79 Å². The van der Waals surface area contributed by atoms with E-state index >= 15 is 0 Å². The summed E-state index contributed by atoms with van der Waals surface area (Å²) in [7, 11) is -5.20. The molecule has 0 saturated carbocycles. The van der Waals surface area contributed by atoms with Gasteiger partial charge in [0.2, 0.25) is 0 Å². The first-order chi connectivity index (χ1) is 17.4. The monoisotopic (exact) mass is 550 g/mol. The Morgan fingerprint density at radius 1 is 0.500 bits per heavy atom. The first kappa shape index (κ1) is 35.9. The minimum absolute atomic E-state index is 0.126. The van der Waals surface area contributed by atoms with Crippen LogP contribution in [0.1, 0.15) is 107 Å². The van der Waals surface area contributed by atoms with E-state index in [0.29, 0.717) is 45.4 Å². The molecule has 0 rings (SSSR count). The van der Waals surface area contributed by atoms with Crippen LogP contribution in [0.5, 0.6) is 0 Å². The number of rotatable bonds is 26. The fourth-order valence-electron chi connectivity index (χ4n) is 4.90. The highest BCUT2D eigenvalue weighted by atomic mass is 28.4. The molecule has 9 heteroatoms. The number of Topliss-reactive ketones (excluding diaryl/α,β-unsaturated/α-hetero) is 1. The lowest BCUT2D eigenvalue weighted by Gasteiger charge is -2.29. The van der Waals surface area contributed by atoms with Crippen LogP contribution in [0.15, 0.2) is 0 Å². The van der Waals surface area contributed by atoms with Crippen LogP contribution in [0.3, 0.4) is 0 Å². The molecule has 0 amide bonds. The number of unbranched alkanes of at least 4 members (excludes halogenated alkanes) is 2. The predicted octanol–water partition coefficient (Wildman–Crippen LogP) is 7.05. The lowest BCUT2D eigenvalue weighted by Crippen LogP contribution is -2.45. The van der Waals surface area contributed by atoms with Gasteiger partial charge in [-0.2, -0.15) is 0 Å². The zero-order valence-electron chi connectivity index (χ0n) is 24.8. The normalized spacial score (nSPS) is 14.2. The number of ketones is 1. The number of carbonyl (C=O) groups excluding carboxylic acids is 1. The summed E-state index contributed by atoms with van der Waals surface area (Å²) >= 11 is 0. The lowest BCUT2D eigenvalue weighted by atomic mass is 9.83. The SMILES string of the molecule is CCO[Si](CCCCC(CC)C(=O)C(CC)CCCC[Si](OCC)(OCC)OCC)(OCC)OCC. The fraction of sp³-hybridized carbons (Fsp3) is 0.963. The molecule has 0 spiro atoms. The zero-order valence-corrected chi connectivity index (χ0v) is 26.8. The summed E-state index contributed by atoms with van der Waals surface area (Å²) < 4.78 is 35.8. The van der Waals surface area contributed by atoms with Crippen molar-refractivity contribution in [2.24, 2.45) is 11.8 Å². The van der Waals surface area contributed by atoms with Gasteiger partial charge in [-0.3, -0.25) is 4.79 Å². The maximum atomic E-state index is 13.4. The maximum absolute atomic E-state index is 13.4. The summed E-state index contributed by atoms with van der Waals surface area (Å²) in [5.41, 5.74) is 0. The third-order valence-electron chi connectivity index (χ3n) is 6.55. The molecule has 2 unspecified atom stereocenters. The van der Waals surface area contributed by atoms with E-state index in [1.54, 1.807) is 0 Å². The Kier molecular flexibility index (Phi) is 21.7. The van der Waals surface area contributed by atoms with Gasteiger partial charge in [0.1, 0.15) is 5.78 Å². The van der Waals surface area contributed by atoms with Gasteiger partial charge in [0.05, 0.1) is 0 Å². The summed E-state index contributed by atoms with van der Waals surface area (Å²) in [5, 5.41) is 0. The molecule has 0 heterocycles. The Hall–Kier alpha value is -0.136. The molecule has 0 saturated heterocycles. The van der Waals surface area contributed by atoms with E-state index in [4.69, 9.17) is 26.6 Å². The second-order valence-electron chi connectivity index (χ2n) is 9.07. The Morgan fingerprint density at radius 3 is 1.00 bits per heavy atom. The summed E-state index contributed by atoms with van der Waals surface area (Å²) in [6.07, 6.45) is 7.56. The highest BCUT2D eigenvalue weighted by molar-refractivity contribution is 6.61. The standard InChI is InChI=1S/C27H58O7Si2/c1-9-25(21-17-19-23-35(29-11-3,30-12-4)31-13-5)27(28)26(10-2)22-18-20-24-36(32-14-6,33-15-7)34-16-8/h25-26H,9-24H2,1-8H3. The molecule has 0 fully saturated rings. The van der Waals surface area contributed by atoms with Gasteiger partial charge in [0, 0.05) is 63.6 Å². The van der Waals surface area contributed by atoms with E-state index < -0.39 is 17.6 Å². The minimum Gasteiger partial charge on any atom is -0.374 e. The molecule has 0 aromatic heterocycles. The molecular formula is C27H58O7Si2. The molecule has 2 atom stereocenters. The van der Waals surface area contributed by atoms with Gasteiger partial charge in [-0.05, 0) is 80.1 Å². The Bertz CT molecular complexity index is 458. The Morgan fingerprint density at radius 2 is 0.778 bits per heavy atom. The van der Waals surface area contributed by atoms with Crippen LogP contribution in [0, 0.1) is 11.8 Å². The highest BCUT2D eigenvalue weighted by Crippen LogP contribution is 2.27. The molecule has 0 radical (unpaired) electrons. The van der Waals surface area contributed by atoms with Crippen LogP contribution in [-0.2, 0) is 31.4 Å². The second-order valence-corrected chi connectivity index (χ2v) is 14.5. The van der Waals surface area contributed by atoms with E-state index in [1.807, 2.05) is 41.5 Å². The topological polar surface area (TPSA) is 72.5 Å². The summed E-state index contributed by atoms with van der Waals surface area (Å²) in [6.45, 7) is 19.8. The van der Waals surface area contributed by atoms with Crippen molar-refractivity contribution in [2.75, 3.05) is 39.6 Å².